The first-order chi connectivity index (χ1) is 7.89. The molecular weight excluding hydrogens is 278 g/mol. The highest BCUT2D eigenvalue weighted by molar-refractivity contribution is 8.00. The number of aliphatic carboxylic acids is 1. The fourth-order valence-corrected chi connectivity index (χ4v) is 3.14. The van der Waals surface area contributed by atoms with E-state index in [0.717, 1.165) is 10.6 Å². The Morgan fingerprint density at radius 2 is 2.06 bits per heavy atom. The van der Waals surface area contributed by atoms with Crippen molar-refractivity contribution in [3.8, 4) is 0 Å². The number of aromatic carboxylic acids is 1. The minimum atomic E-state index is -0.974. The summed E-state index contributed by atoms with van der Waals surface area (Å²) in [6, 6.07) is 4.85. The van der Waals surface area contributed by atoms with Crippen molar-refractivity contribution in [1.82, 2.24) is 0 Å². The molecule has 0 radical (unpaired) electrons. The molecule has 0 amide bonds. The summed E-state index contributed by atoms with van der Waals surface area (Å²) in [7, 11) is 0. The number of rotatable bonds is 3. The molecule has 0 saturated carbocycles. The van der Waals surface area contributed by atoms with Gasteiger partial charge in [-0.15, -0.1) is 0 Å². The number of carbonyl (C=O) groups is 2. The molecular formula is C11H12ClNO4S. The molecule has 0 spiro atoms. The van der Waals surface area contributed by atoms with Gasteiger partial charge in [0.05, 0.1) is 10.5 Å². The number of quaternary nitrogens is 1. The fourth-order valence-electron chi connectivity index (χ4n) is 1.88. The third-order valence-corrected chi connectivity index (χ3v) is 3.88. The summed E-state index contributed by atoms with van der Waals surface area (Å²) >= 11 is 1.46. The Morgan fingerprint density at radius 1 is 1.39 bits per heavy atom. The van der Waals surface area contributed by atoms with Gasteiger partial charge in [-0.3, -0.25) is 10.1 Å². The molecule has 1 aliphatic heterocycles. The molecule has 0 fully saturated rings. The SMILES string of the molecule is CC1(CC(=O)O)[NH2+]c2cc(C(=O)O)ccc2S1.[Cl-]. The molecule has 1 aromatic rings. The van der Waals surface area contributed by atoms with Crippen molar-refractivity contribution < 1.29 is 37.5 Å². The van der Waals surface area contributed by atoms with E-state index in [1.54, 1.807) is 12.1 Å². The number of carboxylic acids is 2. The number of hydrogen-bond acceptors (Lipinski definition) is 3. The van der Waals surface area contributed by atoms with Crippen LogP contribution < -0.4 is 17.7 Å². The van der Waals surface area contributed by atoms with Gasteiger partial charge in [0.15, 0.2) is 4.87 Å². The second-order valence-corrected chi connectivity index (χ2v) is 5.76. The normalized spacial score (nSPS) is 20.9. The fraction of sp³-hybridized carbons (Fsp3) is 0.273. The molecule has 18 heavy (non-hydrogen) atoms. The van der Waals surface area contributed by atoms with Crippen LogP contribution >= 0.6 is 11.8 Å². The van der Waals surface area contributed by atoms with Crippen molar-refractivity contribution in [1.29, 1.82) is 0 Å². The van der Waals surface area contributed by atoms with Crippen LogP contribution in [0.1, 0.15) is 23.7 Å². The van der Waals surface area contributed by atoms with Crippen molar-refractivity contribution in [3.05, 3.63) is 23.8 Å². The number of hydrogen-bond donors (Lipinski definition) is 3. The molecule has 0 bridgehead atoms. The van der Waals surface area contributed by atoms with E-state index >= 15 is 0 Å². The number of thioether (sulfide) groups is 1. The lowest BCUT2D eigenvalue weighted by molar-refractivity contribution is -0.618. The van der Waals surface area contributed by atoms with Crippen LogP contribution in [-0.4, -0.2) is 27.0 Å². The zero-order valence-corrected chi connectivity index (χ0v) is 11.1. The van der Waals surface area contributed by atoms with E-state index in [0.29, 0.717) is 0 Å². The molecule has 98 valence electrons. The number of carboxylic acid groups (broad SMARTS) is 2. The highest BCUT2D eigenvalue weighted by Crippen LogP contribution is 2.39. The van der Waals surface area contributed by atoms with Crippen LogP contribution in [0.2, 0.25) is 0 Å². The molecule has 1 heterocycles. The van der Waals surface area contributed by atoms with E-state index in [-0.39, 0.29) is 24.4 Å². The highest BCUT2D eigenvalue weighted by Gasteiger charge is 2.40. The smallest absolute Gasteiger partial charge is 0.335 e. The predicted molar refractivity (Wildman–Crippen MR) is 61.5 cm³/mol. The van der Waals surface area contributed by atoms with E-state index in [2.05, 4.69) is 0 Å². The summed E-state index contributed by atoms with van der Waals surface area (Å²) in [6.45, 7) is 1.84. The molecule has 2 rings (SSSR count). The Kier molecular flexibility index (Phi) is 4.26. The number of halogens is 1. The van der Waals surface area contributed by atoms with E-state index < -0.39 is 16.8 Å². The zero-order chi connectivity index (χ0) is 12.6. The van der Waals surface area contributed by atoms with Gasteiger partial charge < -0.3 is 22.6 Å². The lowest BCUT2D eigenvalue weighted by Crippen LogP contribution is -3.00. The van der Waals surface area contributed by atoms with Crippen LogP contribution in [0.5, 0.6) is 0 Å². The summed E-state index contributed by atoms with van der Waals surface area (Å²) in [5.74, 6) is -1.83. The van der Waals surface area contributed by atoms with Crippen molar-refractivity contribution >= 4 is 29.4 Å². The molecule has 0 aliphatic carbocycles. The molecule has 4 N–H and O–H groups in total. The van der Waals surface area contributed by atoms with E-state index in [4.69, 9.17) is 10.2 Å². The maximum atomic E-state index is 10.8. The standard InChI is InChI=1S/C11H11NO4S.ClH/c1-11(5-9(13)14)12-7-4-6(10(15)16)2-3-8(7)17-11;/h2-4,12H,5H2,1H3,(H,13,14)(H,15,16);1H. The summed E-state index contributed by atoms with van der Waals surface area (Å²) < 4.78 is 0. The van der Waals surface area contributed by atoms with E-state index in [1.807, 2.05) is 12.2 Å². The summed E-state index contributed by atoms with van der Waals surface area (Å²) in [5.41, 5.74) is 1.03. The summed E-state index contributed by atoms with van der Waals surface area (Å²) in [4.78, 5) is 22.0. The maximum absolute atomic E-state index is 10.8. The molecule has 1 aromatic carbocycles. The Labute approximate surface area is 114 Å². The molecule has 0 aromatic heterocycles. The van der Waals surface area contributed by atoms with Gasteiger partial charge in [0, 0.05) is 13.0 Å². The number of benzene rings is 1. The van der Waals surface area contributed by atoms with Crippen LogP contribution in [0, 0.1) is 0 Å². The van der Waals surface area contributed by atoms with Crippen molar-refractivity contribution in [2.45, 2.75) is 23.1 Å². The zero-order valence-electron chi connectivity index (χ0n) is 9.51. The predicted octanol–water partition coefficient (Wildman–Crippen LogP) is -2.12. The largest absolute Gasteiger partial charge is 1.00 e. The quantitative estimate of drug-likeness (QED) is 0.554. The van der Waals surface area contributed by atoms with Gasteiger partial charge in [-0.2, -0.15) is 0 Å². The monoisotopic (exact) mass is 289 g/mol. The van der Waals surface area contributed by atoms with Crippen LogP contribution in [0.3, 0.4) is 0 Å². The second kappa shape index (κ2) is 5.17. The van der Waals surface area contributed by atoms with Crippen LogP contribution in [0.4, 0.5) is 5.69 Å². The minimum absolute atomic E-state index is 0. The first kappa shape index (κ1) is 14.8. The molecule has 1 atom stereocenters. The van der Waals surface area contributed by atoms with Crippen LogP contribution in [-0.2, 0) is 4.79 Å². The van der Waals surface area contributed by atoms with Crippen molar-refractivity contribution in [2.24, 2.45) is 0 Å². The first-order valence-electron chi connectivity index (χ1n) is 5.04. The van der Waals surface area contributed by atoms with Gasteiger partial charge in [0.2, 0.25) is 0 Å². The van der Waals surface area contributed by atoms with E-state index in [1.165, 1.54) is 17.8 Å². The van der Waals surface area contributed by atoms with Gasteiger partial charge in [-0.05, 0) is 12.1 Å². The Balaban J connectivity index is 0.00000162. The Hall–Kier alpha value is -1.24. The summed E-state index contributed by atoms with van der Waals surface area (Å²) in [5, 5.41) is 19.5. The lowest BCUT2D eigenvalue weighted by Gasteiger charge is -2.16. The van der Waals surface area contributed by atoms with E-state index in [9.17, 15) is 9.59 Å². The molecule has 5 nitrogen and oxygen atoms in total. The average molecular weight is 290 g/mol. The Bertz CT molecular complexity index is 508. The van der Waals surface area contributed by atoms with Crippen LogP contribution in [0.15, 0.2) is 23.1 Å². The summed E-state index contributed by atoms with van der Waals surface area (Å²) in [6.07, 6.45) is 0.0226. The maximum Gasteiger partial charge on any atom is 0.335 e. The number of fused-ring (bicyclic) bond motifs is 1. The highest BCUT2D eigenvalue weighted by atomic mass is 35.5. The molecule has 7 heteroatoms. The van der Waals surface area contributed by atoms with Gasteiger partial charge in [0.1, 0.15) is 12.1 Å². The molecule has 1 unspecified atom stereocenters. The molecule has 0 saturated heterocycles. The topological polar surface area (TPSA) is 91.2 Å². The third-order valence-electron chi connectivity index (χ3n) is 2.56. The number of nitrogens with two attached hydrogens (primary N) is 1. The van der Waals surface area contributed by atoms with Crippen molar-refractivity contribution in [2.75, 3.05) is 0 Å². The molecule has 1 aliphatic rings. The Morgan fingerprint density at radius 3 is 2.61 bits per heavy atom. The van der Waals surface area contributed by atoms with Gasteiger partial charge in [0.25, 0.3) is 0 Å². The van der Waals surface area contributed by atoms with Gasteiger partial charge >= 0.3 is 11.9 Å². The average Bonchev–Trinajstić information content (AvgIpc) is 2.50. The van der Waals surface area contributed by atoms with Gasteiger partial charge in [-0.25, -0.2) is 4.79 Å². The third kappa shape index (κ3) is 2.95. The first-order valence-corrected chi connectivity index (χ1v) is 5.85. The lowest BCUT2D eigenvalue weighted by atomic mass is 10.1. The van der Waals surface area contributed by atoms with Crippen LogP contribution in [0.25, 0.3) is 0 Å². The van der Waals surface area contributed by atoms with Crippen molar-refractivity contribution in [3.63, 3.8) is 0 Å². The van der Waals surface area contributed by atoms with Gasteiger partial charge in [-0.1, -0.05) is 11.8 Å². The second-order valence-electron chi connectivity index (χ2n) is 4.19. The minimum Gasteiger partial charge on any atom is -1.00 e.